The monoisotopic (exact) mass is 229 g/mol. The lowest BCUT2D eigenvalue weighted by molar-refractivity contribution is 0.0343. The number of hydrogen-bond donors (Lipinski definition) is 2. The molecule has 4 nitrogen and oxygen atoms in total. The van der Waals surface area contributed by atoms with Crippen molar-refractivity contribution in [2.75, 3.05) is 39.6 Å². The first-order valence-electron chi connectivity index (χ1n) is 6.12. The fraction of sp³-hybridized carbons (Fsp3) is 0.833. The van der Waals surface area contributed by atoms with Crippen LogP contribution in [-0.2, 0) is 9.47 Å². The summed E-state index contributed by atoms with van der Waals surface area (Å²) in [5.41, 5.74) is 1.37. The summed E-state index contributed by atoms with van der Waals surface area (Å²) in [5.74, 6) is 0. The lowest BCUT2D eigenvalue weighted by atomic mass is 10.1. The Bertz CT molecular complexity index is 195. The lowest BCUT2D eigenvalue weighted by Gasteiger charge is -2.14. The molecule has 0 aromatic rings. The van der Waals surface area contributed by atoms with Gasteiger partial charge in [0.25, 0.3) is 0 Å². The summed E-state index contributed by atoms with van der Waals surface area (Å²) in [5, 5.41) is 11.8. The Hall–Kier alpha value is -0.580. The molecule has 94 valence electrons. The highest BCUT2D eigenvalue weighted by Crippen LogP contribution is 2.14. The van der Waals surface area contributed by atoms with Crippen LogP contribution in [0, 0.1) is 0 Å². The molecule has 0 saturated heterocycles. The average Bonchev–Trinajstić information content (AvgIpc) is 2.34. The molecule has 0 amide bonds. The number of nitrogens with one attached hydrogen (secondary N) is 1. The van der Waals surface area contributed by atoms with E-state index in [2.05, 4.69) is 11.4 Å². The third-order valence-electron chi connectivity index (χ3n) is 2.50. The third-order valence-corrected chi connectivity index (χ3v) is 2.50. The minimum absolute atomic E-state index is 0.0791. The van der Waals surface area contributed by atoms with Gasteiger partial charge in [0.2, 0.25) is 0 Å². The van der Waals surface area contributed by atoms with Crippen LogP contribution in [0.15, 0.2) is 11.8 Å². The van der Waals surface area contributed by atoms with Crippen LogP contribution in [0.1, 0.15) is 25.7 Å². The molecule has 0 aromatic carbocycles. The topological polar surface area (TPSA) is 50.7 Å². The van der Waals surface area contributed by atoms with E-state index < -0.39 is 0 Å². The standard InChI is InChI=1S/C12H23NO3/c14-7-9-16-11-10-15-8-6-13-12-4-2-1-3-5-12/h4,13-14H,1-3,5-11H2. The quantitative estimate of drug-likeness (QED) is 0.580. The maximum absolute atomic E-state index is 8.47. The van der Waals surface area contributed by atoms with Gasteiger partial charge in [-0.25, -0.2) is 0 Å². The van der Waals surface area contributed by atoms with Crippen molar-refractivity contribution in [3.63, 3.8) is 0 Å². The normalized spacial score (nSPS) is 15.9. The highest BCUT2D eigenvalue weighted by Gasteiger charge is 2.01. The van der Waals surface area contributed by atoms with Gasteiger partial charge in [-0.3, -0.25) is 0 Å². The predicted octanol–water partition coefficient (Wildman–Crippen LogP) is 1.06. The Kier molecular flexibility index (Phi) is 8.12. The highest BCUT2D eigenvalue weighted by atomic mass is 16.5. The Morgan fingerprint density at radius 1 is 1.12 bits per heavy atom. The molecule has 0 aromatic heterocycles. The van der Waals surface area contributed by atoms with Crippen LogP contribution in [-0.4, -0.2) is 44.7 Å². The second-order valence-corrected chi connectivity index (χ2v) is 3.85. The fourth-order valence-corrected chi connectivity index (χ4v) is 1.67. The fourth-order valence-electron chi connectivity index (χ4n) is 1.67. The molecule has 0 aliphatic heterocycles. The number of allylic oxidation sites excluding steroid dienone is 2. The molecule has 0 fully saturated rings. The smallest absolute Gasteiger partial charge is 0.0701 e. The number of rotatable bonds is 9. The van der Waals surface area contributed by atoms with Gasteiger partial charge in [-0.2, -0.15) is 0 Å². The molecular formula is C12H23NO3. The summed E-state index contributed by atoms with van der Waals surface area (Å²) in [6.45, 7) is 3.21. The molecule has 0 spiro atoms. The molecule has 1 aliphatic rings. The van der Waals surface area contributed by atoms with Crippen molar-refractivity contribution in [1.29, 1.82) is 0 Å². The maximum atomic E-state index is 8.47. The van der Waals surface area contributed by atoms with E-state index in [-0.39, 0.29) is 6.61 Å². The van der Waals surface area contributed by atoms with E-state index in [0.717, 1.165) is 6.54 Å². The first-order valence-corrected chi connectivity index (χ1v) is 6.12. The van der Waals surface area contributed by atoms with Crippen molar-refractivity contribution >= 4 is 0 Å². The first-order chi connectivity index (χ1) is 7.93. The van der Waals surface area contributed by atoms with E-state index >= 15 is 0 Å². The summed E-state index contributed by atoms with van der Waals surface area (Å²) >= 11 is 0. The SMILES string of the molecule is OCCOCCOCCNC1=CCCCC1. The Balaban J connectivity index is 1.82. The molecular weight excluding hydrogens is 206 g/mol. The van der Waals surface area contributed by atoms with Crippen molar-refractivity contribution < 1.29 is 14.6 Å². The summed E-state index contributed by atoms with van der Waals surface area (Å²) < 4.78 is 10.4. The second-order valence-electron chi connectivity index (χ2n) is 3.85. The van der Waals surface area contributed by atoms with Crippen LogP contribution < -0.4 is 5.32 Å². The first kappa shape index (κ1) is 13.5. The Labute approximate surface area is 97.6 Å². The average molecular weight is 229 g/mol. The molecule has 0 bridgehead atoms. The largest absolute Gasteiger partial charge is 0.394 e. The van der Waals surface area contributed by atoms with Crippen molar-refractivity contribution in [2.24, 2.45) is 0 Å². The molecule has 1 aliphatic carbocycles. The summed E-state index contributed by atoms with van der Waals surface area (Å²) in [6, 6.07) is 0. The Morgan fingerprint density at radius 3 is 2.62 bits per heavy atom. The van der Waals surface area contributed by atoms with Crippen LogP contribution in [0.3, 0.4) is 0 Å². The van der Waals surface area contributed by atoms with Gasteiger partial charge in [-0.1, -0.05) is 6.08 Å². The molecule has 0 unspecified atom stereocenters. The molecule has 0 atom stereocenters. The van der Waals surface area contributed by atoms with Gasteiger partial charge in [0.1, 0.15) is 0 Å². The maximum Gasteiger partial charge on any atom is 0.0701 e. The molecule has 2 N–H and O–H groups in total. The van der Waals surface area contributed by atoms with Crippen molar-refractivity contribution in [2.45, 2.75) is 25.7 Å². The van der Waals surface area contributed by atoms with E-state index in [0.29, 0.717) is 26.4 Å². The number of aliphatic hydroxyl groups excluding tert-OH is 1. The Morgan fingerprint density at radius 2 is 1.94 bits per heavy atom. The van der Waals surface area contributed by atoms with Crippen LogP contribution >= 0.6 is 0 Å². The van der Waals surface area contributed by atoms with Crippen LogP contribution in [0.5, 0.6) is 0 Å². The minimum Gasteiger partial charge on any atom is -0.394 e. The van der Waals surface area contributed by atoms with Gasteiger partial charge in [0.15, 0.2) is 0 Å². The van der Waals surface area contributed by atoms with E-state index in [4.69, 9.17) is 14.6 Å². The number of hydrogen-bond acceptors (Lipinski definition) is 4. The molecule has 0 radical (unpaired) electrons. The number of aliphatic hydroxyl groups is 1. The lowest BCUT2D eigenvalue weighted by Crippen LogP contribution is -2.21. The minimum atomic E-state index is 0.0791. The zero-order valence-corrected chi connectivity index (χ0v) is 9.91. The molecule has 1 rings (SSSR count). The van der Waals surface area contributed by atoms with Crippen molar-refractivity contribution in [3.8, 4) is 0 Å². The van der Waals surface area contributed by atoms with Crippen molar-refractivity contribution in [1.82, 2.24) is 5.32 Å². The van der Waals surface area contributed by atoms with Crippen molar-refractivity contribution in [3.05, 3.63) is 11.8 Å². The summed E-state index contributed by atoms with van der Waals surface area (Å²) in [4.78, 5) is 0. The molecule has 0 saturated carbocycles. The van der Waals surface area contributed by atoms with Crippen LogP contribution in [0.2, 0.25) is 0 Å². The third kappa shape index (κ3) is 6.82. The number of ether oxygens (including phenoxy) is 2. The van der Waals surface area contributed by atoms with Gasteiger partial charge in [0, 0.05) is 12.2 Å². The van der Waals surface area contributed by atoms with Crippen LogP contribution in [0.25, 0.3) is 0 Å². The van der Waals surface area contributed by atoms with E-state index in [1.807, 2.05) is 0 Å². The van der Waals surface area contributed by atoms with Gasteiger partial charge in [-0.05, 0) is 25.7 Å². The highest BCUT2D eigenvalue weighted by molar-refractivity contribution is 5.02. The van der Waals surface area contributed by atoms with Gasteiger partial charge in [-0.15, -0.1) is 0 Å². The van der Waals surface area contributed by atoms with E-state index in [1.165, 1.54) is 31.4 Å². The van der Waals surface area contributed by atoms with Gasteiger partial charge >= 0.3 is 0 Å². The van der Waals surface area contributed by atoms with E-state index in [1.54, 1.807) is 0 Å². The predicted molar refractivity (Wildman–Crippen MR) is 63.3 cm³/mol. The van der Waals surface area contributed by atoms with Gasteiger partial charge in [0.05, 0.1) is 33.0 Å². The van der Waals surface area contributed by atoms with Gasteiger partial charge < -0.3 is 19.9 Å². The summed E-state index contributed by atoms with van der Waals surface area (Å²) in [6.07, 6.45) is 7.30. The van der Waals surface area contributed by atoms with E-state index in [9.17, 15) is 0 Å². The molecule has 4 heteroatoms. The molecule has 16 heavy (non-hydrogen) atoms. The zero-order chi connectivity index (χ0) is 11.5. The zero-order valence-electron chi connectivity index (χ0n) is 9.91. The second kappa shape index (κ2) is 9.63. The summed E-state index contributed by atoms with van der Waals surface area (Å²) in [7, 11) is 0. The molecule has 0 heterocycles. The van der Waals surface area contributed by atoms with Crippen LogP contribution in [0.4, 0.5) is 0 Å².